The molecule has 0 amide bonds. The molecular weight excluding hydrogens is 242 g/mol. The van der Waals surface area contributed by atoms with Gasteiger partial charge in [0.1, 0.15) is 29.0 Å². The van der Waals surface area contributed by atoms with Crippen LogP contribution in [0.5, 0.6) is 11.5 Å². The van der Waals surface area contributed by atoms with Gasteiger partial charge in [0.25, 0.3) is 0 Å². The number of methoxy groups -OCH3 is 2. The van der Waals surface area contributed by atoms with Gasteiger partial charge in [-0.05, 0) is 24.6 Å². The molecule has 0 radical (unpaired) electrons. The summed E-state index contributed by atoms with van der Waals surface area (Å²) in [6.07, 6.45) is 1.61. The summed E-state index contributed by atoms with van der Waals surface area (Å²) in [5.41, 5.74) is 2.81. The van der Waals surface area contributed by atoms with E-state index in [0.29, 0.717) is 17.1 Å². The second-order valence-electron chi connectivity index (χ2n) is 4.19. The van der Waals surface area contributed by atoms with Crippen LogP contribution >= 0.6 is 0 Å². The standard InChI is InChI=1S/C14H15N3O2/c1-9-5-13(19-4)10(6-12(9)18-3)14-11(7-15)17(2)8-16-14/h5-6,8H,1-4H3. The molecule has 0 spiro atoms. The van der Waals surface area contributed by atoms with Crippen LogP contribution in [0.15, 0.2) is 18.5 Å². The van der Waals surface area contributed by atoms with Crippen LogP contribution in [0.2, 0.25) is 0 Å². The second kappa shape index (κ2) is 5.02. The Hall–Kier alpha value is -2.48. The molecule has 0 aliphatic rings. The molecule has 2 rings (SSSR count). The van der Waals surface area contributed by atoms with Crippen molar-refractivity contribution < 1.29 is 9.47 Å². The molecule has 5 heteroatoms. The largest absolute Gasteiger partial charge is 0.496 e. The smallest absolute Gasteiger partial charge is 0.147 e. The predicted molar refractivity (Wildman–Crippen MR) is 71.2 cm³/mol. The van der Waals surface area contributed by atoms with Gasteiger partial charge in [0.15, 0.2) is 0 Å². The van der Waals surface area contributed by atoms with Crippen molar-refractivity contribution in [3.05, 3.63) is 29.7 Å². The third-order valence-corrected chi connectivity index (χ3v) is 3.02. The molecule has 0 bridgehead atoms. The van der Waals surface area contributed by atoms with Crippen LogP contribution in [-0.2, 0) is 7.05 Å². The van der Waals surface area contributed by atoms with Gasteiger partial charge in [-0.2, -0.15) is 5.26 Å². The van der Waals surface area contributed by atoms with Crippen molar-refractivity contribution in [3.8, 4) is 28.8 Å². The number of nitrogens with zero attached hydrogens (tertiary/aromatic N) is 3. The minimum atomic E-state index is 0.490. The summed E-state index contributed by atoms with van der Waals surface area (Å²) >= 11 is 0. The first-order valence-electron chi connectivity index (χ1n) is 5.76. The van der Waals surface area contributed by atoms with E-state index in [-0.39, 0.29) is 0 Å². The molecule has 1 aromatic carbocycles. The minimum Gasteiger partial charge on any atom is -0.496 e. The maximum absolute atomic E-state index is 9.21. The fourth-order valence-corrected chi connectivity index (χ4v) is 1.99. The molecule has 0 unspecified atom stereocenters. The summed E-state index contributed by atoms with van der Waals surface area (Å²) in [4.78, 5) is 4.28. The van der Waals surface area contributed by atoms with Crippen molar-refractivity contribution >= 4 is 0 Å². The molecule has 0 aliphatic heterocycles. The van der Waals surface area contributed by atoms with Crippen LogP contribution in [0.25, 0.3) is 11.3 Å². The van der Waals surface area contributed by atoms with E-state index in [1.807, 2.05) is 19.1 Å². The van der Waals surface area contributed by atoms with Gasteiger partial charge in [0.2, 0.25) is 0 Å². The third kappa shape index (κ3) is 2.13. The van der Waals surface area contributed by atoms with Crippen LogP contribution in [0.3, 0.4) is 0 Å². The molecule has 98 valence electrons. The maximum Gasteiger partial charge on any atom is 0.147 e. The van der Waals surface area contributed by atoms with Gasteiger partial charge in [-0.25, -0.2) is 4.98 Å². The number of aryl methyl sites for hydroxylation is 2. The van der Waals surface area contributed by atoms with Gasteiger partial charge >= 0.3 is 0 Å². The molecule has 0 saturated heterocycles. The number of hydrogen-bond acceptors (Lipinski definition) is 4. The normalized spacial score (nSPS) is 10.1. The zero-order valence-electron chi connectivity index (χ0n) is 11.4. The average molecular weight is 257 g/mol. The lowest BCUT2D eigenvalue weighted by molar-refractivity contribution is 0.401. The lowest BCUT2D eigenvalue weighted by Crippen LogP contribution is -1.96. The summed E-state index contributed by atoms with van der Waals surface area (Å²) in [6.45, 7) is 1.94. The number of ether oxygens (including phenoxy) is 2. The average Bonchev–Trinajstić information content (AvgIpc) is 2.79. The fraction of sp³-hybridized carbons (Fsp3) is 0.286. The Morgan fingerprint density at radius 1 is 1.21 bits per heavy atom. The first-order chi connectivity index (χ1) is 9.12. The number of aromatic nitrogens is 2. The van der Waals surface area contributed by atoms with E-state index in [0.717, 1.165) is 16.9 Å². The van der Waals surface area contributed by atoms with Crippen molar-refractivity contribution in [3.63, 3.8) is 0 Å². The summed E-state index contributed by atoms with van der Waals surface area (Å²) < 4.78 is 12.4. The van der Waals surface area contributed by atoms with Crippen molar-refractivity contribution in [2.24, 2.45) is 7.05 Å². The van der Waals surface area contributed by atoms with E-state index in [4.69, 9.17) is 9.47 Å². The van der Waals surface area contributed by atoms with Gasteiger partial charge in [0, 0.05) is 12.6 Å². The molecule has 0 aliphatic carbocycles. The molecule has 2 aromatic rings. The molecule has 5 nitrogen and oxygen atoms in total. The zero-order chi connectivity index (χ0) is 14.0. The molecule has 0 atom stereocenters. The summed E-state index contributed by atoms with van der Waals surface area (Å²) in [5, 5.41) is 9.21. The number of imidazole rings is 1. The van der Waals surface area contributed by atoms with Gasteiger partial charge in [-0.3, -0.25) is 0 Å². The molecule has 1 heterocycles. The van der Waals surface area contributed by atoms with Gasteiger partial charge in [-0.1, -0.05) is 0 Å². The van der Waals surface area contributed by atoms with Crippen LogP contribution in [0.4, 0.5) is 0 Å². The third-order valence-electron chi connectivity index (χ3n) is 3.02. The minimum absolute atomic E-state index is 0.490. The first kappa shape index (κ1) is 13.0. The van der Waals surface area contributed by atoms with E-state index in [1.165, 1.54) is 0 Å². The molecule has 0 fully saturated rings. The Morgan fingerprint density at radius 2 is 1.89 bits per heavy atom. The summed E-state index contributed by atoms with van der Waals surface area (Å²) in [6, 6.07) is 5.87. The Kier molecular flexibility index (Phi) is 3.43. The first-order valence-corrected chi connectivity index (χ1v) is 5.76. The zero-order valence-corrected chi connectivity index (χ0v) is 11.4. The highest BCUT2D eigenvalue weighted by atomic mass is 16.5. The highest BCUT2D eigenvalue weighted by molar-refractivity contribution is 5.74. The Balaban J connectivity index is 2.70. The van der Waals surface area contributed by atoms with Gasteiger partial charge < -0.3 is 14.0 Å². The number of hydrogen-bond donors (Lipinski definition) is 0. The topological polar surface area (TPSA) is 60.1 Å². The Morgan fingerprint density at radius 3 is 2.47 bits per heavy atom. The summed E-state index contributed by atoms with van der Waals surface area (Å²) in [7, 11) is 4.99. The highest BCUT2D eigenvalue weighted by Crippen LogP contribution is 2.36. The van der Waals surface area contributed by atoms with E-state index in [2.05, 4.69) is 11.1 Å². The quantitative estimate of drug-likeness (QED) is 0.846. The number of benzene rings is 1. The lowest BCUT2D eigenvalue weighted by atomic mass is 10.1. The van der Waals surface area contributed by atoms with Gasteiger partial charge in [0.05, 0.1) is 20.5 Å². The fourth-order valence-electron chi connectivity index (χ4n) is 1.99. The maximum atomic E-state index is 9.21. The summed E-state index contributed by atoms with van der Waals surface area (Å²) in [5.74, 6) is 1.42. The molecule has 19 heavy (non-hydrogen) atoms. The van der Waals surface area contributed by atoms with Crippen LogP contribution < -0.4 is 9.47 Å². The van der Waals surface area contributed by atoms with Crippen LogP contribution in [0, 0.1) is 18.3 Å². The van der Waals surface area contributed by atoms with Crippen molar-refractivity contribution in [1.82, 2.24) is 9.55 Å². The second-order valence-corrected chi connectivity index (χ2v) is 4.19. The van der Waals surface area contributed by atoms with Crippen molar-refractivity contribution in [2.75, 3.05) is 14.2 Å². The van der Waals surface area contributed by atoms with Crippen molar-refractivity contribution in [2.45, 2.75) is 6.92 Å². The van der Waals surface area contributed by atoms with Crippen LogP contribution in [-0.4, -0.2) is 23.8 Å². The molecule has 1 aromatic heterocycles. The van der Waals surface area contributed by atoms with Crippen LogP contribution in [0.1, 0.15) is 11.3 Å². The number of rotatable bonds is 3. The van der Waals surface area contributed by atoms with Gasteiger partial charge in [-0.15, -0.1) is 0 Å². The Labute approximate surface area is 112 Å². The number of nitriles is 1. The van der Waals surface area contributed by atoms with E-state index >= 15 is 0 Å². The lowest BCUT2D eigenvalue weighted by Gasteiger charge is -2.12. The van der Waals surface area contributed by atoms with Crippen molar-refractivity contribution in [1.29, 1.82) is 5.26 Å². The van der Waals surface area contributed by atoms with E-state index in [9.17, 15) is 5.26 Å². The molecular formula is C14H15N3O2. The molecule has 0 N–H and O–H groups in total. The van der Waals surface area contributed by atoms with E-state index in [1.54, 1.807) is 32.2 Å². The Bertz CT molecular complexity index is 653. The monoisotopic (exact) mass is 257 g/mol. The SMILES string of the molecule is COc1cc(-c2ncn(C)c2C#N)c(OC)cc1C. The molecule has 0 saturated carbocycles. The highest BCUT2D eigenvalue weighted by Gasteiger charge is 2.17. The van der Waals surface area contributed by atoms with E-state index < -0.39 is 0 Å². The predicted octanol–water partition coefficient (Wildman–Crippen LogP) is 2.28.